The second-order valence-electron chi connectivity index (χ2n) is 6.82. The highest BCUT2D eigenvalue weighted by atomic mass is 16.2. The molecular weight excluding hydrogens is 300 g/mol. The maximum atomic E-state index is 12.4. The van der Waals surface area contributed by atoms with Crippen molar-refractivity contribution in [3.63, 3.8) is 0 Å². The second kappa shape index (κ2) is 9.45. The SMILES string of the molecule is CCCCC(CC)CNC(=O)C1CC(=O)N(Cc2ccccc2)C1. The van der Waals surface area contributed by atoms with Crippen molar-refractivity contribution in [3.8, 4) is 0 Å². The molecule has 0 radical (unpaired) electrons. The van der Waals surface area contributed by atoms with Gasteiger partial charge in [-0.25, -0.2) is 0 Å². The third-order valence-corrected chi connectivity index (χ3v) is 4.91. The minimum absolute atomic E-state index is 0.0360. The lowest BCUT2D eigenvalue weighted by Crippen LogP contribution is -2.35. The molecule has 2 amide bonds. The highest BCUT2D eigenvalue weighted by Crippen LogP contribution is 2.21. The molecule has 2 rings (SSSR count). The van der Waals surface area contributed by atoms with Crippen molar-refractivity contribution in [2.75, 3.05) is 13.1 Å². The molecule has 0 saturated carbocycles. The number of rotatable bonds is 9. The van der Waals surface area contributed by atoms with Gasteiger partial charge in [-0.2, -0.15) is 0 Å². The standard InChI is InChI=1S/C20H30N2O2/c1-3-5-9-16(4-2)13-21-20(24)18-12-19(23)22(15-18)14-17-10-7-6-8-11-17/h6-8,10-11,16,18H,3-5,9,12-15H2,1-2H3,(H,21,24). The summed E-state index contributed by atoms with van der Waals surface area (Å²) in [4.78, 5) is 26.4. The highest BCUT2D eigenvalue weighted by Gasteiger charge is 2.34. The van der Waals surface area contributed by atoms with Crippen LogP contribution in [0.5, 0.6) is 0 Å². The largest absolute Gasteiger partial charge is 0.356 e. The van der Waals surface area contributed by atoms with E-state index in [-0.39, 0.29) is 17.7 Å². The Morgan fingerprint density at radius 1 is 1.29 bits per heavy atom. The van der Waals surface area contributed by atoms with Crippen LogP contribution in [0, 0.1) is 11.8 Å². The van der Waals surface area contributed by atoms with E-state index >= 15 is 0 Å². The van der Waals surface area contributed by atoms with Gasteiger partial charge in [0.1, 0.15) is 0 Å². The summed E-state index contributed by atoms with van der Waals surface area (Å²) >= 11 is 0. The average molecular weight is 330 g/mol. The predicted octanol–water partition coefficient (Wildman–Crippen LogP) is 3.37. The van der Waals surface area contributed by atoms with E-state index in [2.05, 4.69) is 19.2 Å². The van der Waals surface area contributed by atoms with Crippen LogP contribution >= 0.6 is 0 Å². The van der Waals surface area contributed by atoms with Gasteiger partial charge in [0.25, 0.3) is 0 Å². The number of nitrogens with one attached hydrogen (secondary N) is 1. The van der Waals surface area contributed by atoms with E-state index < -0.39 is 0 Å². The molecule has 132 valence electrons. The van der Waals surface area contributed by atoms with Gasteiger partial charge in [0.05, 0.1) is 5.92 Å². The molecule has 1 aromatic rings. The molecule has 1 N–H and O–H groups in total. The smallest absolute Gasteiger partial charge is 0.225 e. The Labute approximate surface area is 145 Å². The molecule has 1 fully saturated rings. The van der Waals surface area contributed by atoms with Crippen LogP contribution in [0.4, 0.5) is 0 Å². The molecular formula is C20H30N2O2. The molecule has 0 bridgehead atoms. The van der Waals surface area contributed by atoms with Crippen LogP contribution in [0.3, 0.4) is 0 Å². The van der Waals surface area contributed by atoms with Crippen molar-refractivity contribution in [1.82, 2.24) is 10.2 Å². The first-order valence-electron chi connectivity index (χ1n) is 9.23. The van der Waals surface area contributed by atoms with Crippen molar-refractivity contribution in [3.05, 3.63) is 35.9 Å². The summed E-state index contributed by atoms with van der Waals surface area (Å²) in [6, 6.07) is 9.94. The third kappa shape index (κ3) is 5.36. The van der Waals surface area contributed by atoms with Crippen molar-refractivity contribution in [2.24, 2.45) is 11.8 Å². The van der Waals surface area contributed by atoms with Gasteiger partial charge >= 0.3 is 0 Å². The molecule has 24 heavy (non-hydrogen) atoms. The summed E-state index contributed by atoms with van der Waals surface area (Å²) in [7, 11) is 0. The van der Waals surface area contributed by atoms with E-state index in [1.165, 1.54) is 12.8 Å². The number of hydrogen-bond acceptors (Lipinski definition) is 2. The van der Waals surface area contributed by atoms with Gasteiger partial charge in [-0.3, -0.25) is 9.59 Å². The summed E-state index contributed by atoms with van der Waals surface area (Å²) < 4.78 is 0. The summed E-state index contributed by atoms with van der Waals surface area (Å²) in [5.41, 5.74) is 1.11. The van der Waals surface area contributed by atoms with Crippen LogP contribution in [0.15, 0.2) is 30.3 Å². The van der Waals surface area contributed by atoms with Crippen LogP contribution in [0.1, 0.15) is 51.5 Å². The van der Waals surface area contributed by atoms with Gasteiger partial charge in [-0.1, -0.05) is 63.4 Å². The lowest BCUT2D eigenvalue weighted by molar-refractivity contribution is -0.129. The molecule has 2 unspecified atom stereocenters. The first-order chi connectivity index (χ1) is 11.6. The Hall–Kier alpha value is -1.84. The molecule has 1 aliphatic rings. The van der Waals surface area contributed by atoms with Gasteiger partial charge in [0.15, 0.2) is 0 Å². The molecule has 1 saturated heterocycles. The van der Waals surface area contributed by atoms with Crippen molar-refractivity contribution in [1.29, 1.82) is 0 Å². The zero-order chi connectivity index (χ0) is 17.4. The summed E-state index contributed by atoms with van der Waals surface area (Å²) in [6.07, 6.45) is 4.99. The van der Waals surface area contributed by atoms with Crippen LogP contribution < -0.4 is 5.32 Å². The van der Waals surface area contributed by atoms with Gasteiger partial charge < -0.3 is 10.2 Å². The summed E-state index contributed by atoms with van der Waals surface area (Å²) in [5.74, 6) is 0.460. The number of likely N-dealkylation sites (tertiary alicyclic amines) is 1. The molecule has 4 nitrogen and oxygen atoms in total. The fourth-order valence-electron chi connectivity index (χ4n) is 3.24. The molecule has 4 heteroatoms. The van der Waals surface area contributed by atoms with E-state index in [9.17, 15) is 9.59 Å². The minimum atomic E-state index is -0.204. The van der Waals surface area contributed by atoms with Crippen LogP contribution in [0.25, 0.3) is 0 Å². The van der Waals surface area contributed by atoms with E-state index in [1.807, 2.05) is 30.3 Å². The number of unbranched alkanes of at least 4 members (excludes halogenated alkanes) is 1. The van der Waals surface area contributed by atoms with Crippen molar-refractivity contribution < 1.29 is 9.59 Å². The summed E-state index contributed by atoms with van der Waals surface area (Å²) in [5, 5.41) is 3.07. The number of carbonyl (C=O) groups excluding carboxylic acids is 2. The Bertz CT molecular complexity index is 530. The summed E-state index contributed by atoms with van der Waals surface area (Å²) in [6.45, 7) is 6.23. The zero-order valence-corrected chi connectivity index (χ0v) is 15.0. The van der Waals surface area contributed by atoms with Crippen LogP contribution in [-0.2, 0) is 16.1 Å². The molecule has 0 aromatic heterocycles. The van der Waals surface area contributed by atoms with E-state index in [1.54, 1.807) is 4.90 Å². The average Bonchev–Trinajstić information content (AvgIpc) is 2.96. The normalized spacial score (nSPS) is 18.7. The lowest BCUT2D eigenvalue weighted by atomic mass is 9.99. The third-order valence-electron chi connectivity index (χ3n) is 4.91. The predicted molar refractivity (Wildman–Crippen MR) is 96.3 cm³/mol. The molecule has 0 aliphatic carbocycles. The molecule has 1 aliphatic heterocycles. The quantitative estimate of drug-likeness (QED) is 0.755. The fourth-order valence-corrected chi connectivity index (χ4v) is 3.24. The van der Waals surface area contributed by atoms with E-state index in [0.29, 0.717) is 25.4 Å². The molecule has 1 aromatic carbocycles. The molecule has 0 spiro atoms. The highest BCUT2D eigenvalue weighted by molar-refractivity contribution is 5.89. The van der Waals surface area contributed by atoms with Gasteiger partial charge in [-0.15, -0.1) is 0 Å². The number of nitrogens with zero attached hydrogens (tertiary/aromatic N) is 1. The van der Waals surface area contributed by atoms with E-state index in [4.69, 9.17) is 0 Å². The Morgan fingerprint density at radius 2 is 2.04 bits per heavy atom. The molecule has 2 atom stereocenters. The second-order valence-corrected chi connectivity index (χ2v) is 6.82. The Morgan fingerprint density at radius 3 is 2.71 bits per heavy atom. The van der Waals surface area contributed by atoms with Gasteiger partial charge in [0.2, 0.25) is 11.8 Å². The number of hydrogen-bond donors (Lipinski definition) is 1. The van der Waals surface area contributed by atoms with Crippen molar-refractivity contribution in [2.45, 2.75) is 52.5 Å². The van der Waals surface area contributed by atoms with Gasteiger partial charge in [0, 0.05) is 26.1 Å². The van der Waals surface area contributed by atoms with Crippen LogP contribution in [0.2, 0.25) is 0 Å². The fraction of sp³-hybridized carbons (Fsp3) is 0.600. The van der Waals surface area contributed by atoms with Crippen LogP contribution in [-0.4, -0.2) is 29.8 Å². The number of benzene rings is 1. The maximum absolute atomic E-state index is 12.4. The first-order valence-corrected chi connectivity index (χ1v) is 9.23. The lowest BCUT2D eigenvalue weighted by Gasteiger charge is -2.18. The Kier molecular flexibility index (Phi) is 7.29. The zero-order valence-electron chi connectivity index (χ0n) is 15.0. The molecule has 1 heterocycles. The maximum Gasteiger partial charge on any atom is 0.225 e. The monoisotopic (exact) mass is 330 g/mol. The number of carbonyl (C=O) groups is 2. The van der Waals surface area contributed by atoms with Crippen molar-refractivity contribution >= 4 is 11.8 Å². The first kappa shape index (κ1) is 18.5. The Balaban J connectivity index is 1.80. The van der Waals surface area contributed by atoms with Gasteiger partial charge in [-0.05, 0) is 17.9 Å². The van der Waals surface area contributed by atoms with E-state index in [0.717, 1.165) is 24.9 Å². The minimum Gasteiger partial charge on any atom is -0.356 e. The number of amides is 2. The topological polar surface area (TPSA) is 49.4 Å².